The molecule has 0 amide bonds. The highest BCUT2D eigenvalue weighted by atomic mass is 15.0. The van der Waals surface area contributed by atoms with Gasteiger partial charge in [0.05, 0.1) is 33.1 Å². The zero-order chi connectivity index (χ0) is 32.1. The SMILES string of the molecule is c1ccc2cc(-n3c4ccc(-n5c6ccccc6c6ccccc65)cc4c4cc(-n5c6ccccc6c6ccccc65)ccc43)ccc2c1. The number of aromatic nitrogens is 3. The summed E-state index contributed by atoms with van der Waals surface area (Å²) in [5, 5.41) is 10.0. The quantitative estimate of drug-likeness (QED) is 0.186. The van der Waals surface area contributed by atoms with Crippen molar-refractivity contribution in [2.24, 2.45) is 0 Å². The second-order valence-electron chi connectivity index (χ2n) is 13.0. The van der Waals surface area contributed by atoms with Crippen molar-refractivity contribution < 1.29 is 0 Å². The Bertz CT molecular complexity index is 2840. The first-order valence-electron chi connectivity index (χ1n) is 16.9. The van der Waals surface area contributed by atoms with E-state index in [1.807, 2.05) is 0 Å². The topological polar surface area (TPSA) is 14.8 Å². The molecule has 3 heteroatoms. The van der Waals surface area contributed by atoms with Crippen molar-refractivity contribution >= 4 is 76.2 Å². The van der Waals surface area contributed by atoms with Crippen LogP contribution in [0.3, 0.4) is 0 Å². The van der Waals surface area contributed by atoms with Gasteiger partial charge in [-0.3, -0.25) is 0 Å². The van der Waals surface area contributed by atoms with E-state index in [1.165, 1.54) is 76.2 Å². The molecule has 0 aliphatic carbocycles. The number of fused-ring (bicyclic) bond motifs is 10. The summed E-state index contributed by atoms with van der Waals surface area (Å²) >= 11 is 0. The number of rotatable bonds is 3. The van der Waals surface area contributed by atoms with Gasteiger partial charge in [0.25, 0.3) is 0 Å². The van der Waals surface area contributed by atoms with Crippen LogP contribution in [0.1, 0.15) is 0 Å². The first-order chi connectivity index (χ1) is 24.3. The molecule has 0 N–H and O–H groups in total. The van der Waals surface area contributed by atoms with Crippen LogP contribution in [0.15, 0.2) is 176 Å². The normalized spacial score (nSPS) is 12.1. The van der Waals surface area contributed by atoms with Gasteiger partial charge in [0.1, 0.15) is 0 Å². The zero-order valence-corrected chi connectivity index (χ0v) is 26.6. The number of benzene rings is 8. The minimum absolute atomic E-state index is 1.16. The predicted octanol–water partition coefficient (Wildman–Crippen LogP) is 12.1. The Morgan fingerprint density at radius 2 is 0.551 bits per heavy atom. The van der Waals surface area contributed by atoms with Gasteiger partial charge in [-0.25, -0.2) is 0 Å². The van der Waals surface area contributed by atoms with Gasteiger partial charge < -0.3 is 13.7 Å². The summed E-state index contributed by atoms with van der Waals surface area (Å²) < 4.78 is 7.27. The van der Waals surface area contributed by atoms with Crippen LogP contribution in [0.2, 0.25) is 0 Å². The summed E-state index contributed by atoms with van der Waals surface area (Å²) in [4.78, 5) is 0. The summed E-state index contributed by atoms with van der Waals surface area (Å²) in [6.45, 7) is 0. The van der Waals surface area contributed by atoms with E-state index in [4.69, 9.17) is 0 Å². The van der Waals surface area contributed by atoms with Gasteiger partial charge >= 0.3 is 0 Å². The van der Waals surface area contributed by atoms with Gasteiger partial charge in [-0.1, -0.05) is 103 Å². The molecule has 11 aromatic rings. The van der Waals surface area contributed by atoms with Gasteiger partial charge in [0.2, 0.25) is 0 Å². The Labute approximate surface area is 282 Å². The second-order valence-corrected chi connectivity index (χ2v) is 13.0. The fraction of sp³-hybridized carbons (Fsp3) is 0. The Morgan fingerprint density at radius 1 is 0.224 bits per heavy atom. The molecular formula is C46H29N3. The molecule has 3 heterocycles. The lowest BCUT2D eigenvalue weighted by Gasteiger charge is -2.11. The average Bonchev–Trinajstić information content (AvgIpc) is 3.80. The predicted molar refractivity (Wildman–Crippen MR) is 207 cm³/mol. The molecular weight excluding hydrogens is 595 g/mol. The van der Waals surface area contributed by atoms with Crippen LogP contribution >= 0.6 is 0 Å². The standard InChI is InChI=1S/C46H29N3/c1-2-12-31-27-32(22-21-30(31)11-1)47-45-25-23-33(48-41-17-7-3-13-35(41)36-14-4-8-18-42(36)48)28-39(45)40-29-34(24-26-46(40)47)49-43-19-9-5-15-37(43)38-16-6-10-20-44(38)49/h1-29H. The molecule has 0 spiro atoms. The molecule has 3 aromatic heterocycles. The lowest BCUT2D eigenvalue weighted by Crippen LogP contribution is -1.96. The maximum atomic E-state index is 2.43. The summed E-state index contributed by atoms with van der Waals surface area (Å²) in [6.07, 6.45) is 0. The summed E-state index contributed by atoms with van der Waals surface area (Å²) in [6, 6.07) is 64.3. The van der Waals surface area contributed by atoms with Gasteiger partial charge in [-0.15, -0.1) is 0 Å². The van der Waals surface area contributed by atoms with Gasteiger partial charge in [0.15, 0.2) is 0 Å². The molecule has 0 bridgehead atoms. The van der Waals surface area contributed by atoms with Crippen molar-refractivity contribution in [3.8, 4) is 17.1 Å². The van der Waals surface area contributed by atoms with E-state index in [2.05, 4.69) is 190 Å². The van der Waals surface area contributed by atoms with Crippen molar-refractivity contribution in [2.45, 2.75) is 0 Å². The van der Waals surface area contributed by atoms with Gasteiger partial charge in [-0.05, 0) is 83.6 Å². The van der Waals surface area contributed by atoms with E-state index in [1.54, 1.807) is 0 Å². The lowest BCUT2D eigenvalue weighted by molar-refractivity contribution is 1.16. The lowest BCUT2D eigenvalue weighted by atomic mass is 10.1. The Hall–Kier alpha value is -6.58. The molecule has 0 aliphatic rings. The third-order valence-corrected chi connectivity index (χ3v) is 10.4. The van der Waals surface area contributed by atoms with E-state index in [9.17, 15) is 0 Å². The molecule has 49 heavy (non-hydrogen) atoms. The largest absolute Gasteiger partial charge is 0.309 e. The molecule has 0 unspecified atom stereocenters. The zero-order valence-electron chi connectivity index (χ0n) is 26.6. The van der Waals surface area contributed by atoms with Crippen LogP contribution in [0.4, 0.5) is 0 Å². The highest BCUT2D eigenvalue weighted by molar-refractivity contribution is 6.14. The number of nitrogens with zero attached hydrogens (tertiary/aromatic N) is 3. The molecule has 228 valence electrons. The van der Waals surface area contributed by atoms with Crippen LogP contribution in [-0.2, 0) is 0 Å². The number of hydrogen-bond donors (Lipinski definition) is 0. The maximum Gasteiger partial charge on any atom is 0.0542 e. The van der Waals surface area contributed by atoms with Gasteiger partial charge in [0, 0.05) is 49.4 Å². The van der Waals surface area contributed by atoms with Crippen LogP contribution < -0.4 is 0 Å². The van der Waals surface area contributed by atoms with Crippen molar-refractivity contribution in [3.05, 3.63) is 176 Å². The third kappa shape index (κ3) is 3.73. The molecule has 0 saturated heterocycles. The summed E-state index contributed by atoms with van der Waals surface area (Å²) in [5.74, 6) is 0. The number of hydrogen-bond acceptors (Lipinski definition) is 0. The van der Waals surface area contributed by atoms with E-state index in [-0.39, 0.29) is 0 Å². The van der Waals surface area contributed by atoms with Crippen molar-refractivity contribution in [1.82, 2.24) is 13.7 Å². The van der Waals surface area contributed by atoms with Crippen LogP contribution in [0, 0.1) is 0 Å². The highest BCUT2D eigenvalue weighted by Gasteiger charge is 2.19. The van der Waals surface area contributed by atoms with Gasteiger partial charge in [-0.2, -0.15) is 0 Å². The molecule has 0 aliphatic heterocycles. The first-order valence-corrected chi connectivity index (χ1v) is 16.9. The Kier molecular flexibility index (Phi) is 5.38. The Morgan fingerprint density at radius 3 is 1.00 bits per heavy atom. The van der Waals surface area contributed by atoms with Crippen LogP contribution in [0.5, 0.6) is 0 Å². The average molecular weight is 624 g/mol. The van der Waals surface area contributed by atoms with Crippen molar-refractivity contribution in [3.63, 3.8) is 0 Å². The molecule has 0 radical (unpaired) electrons. The smallest absolute Gasteiger partial charge is 0.0542 e. The van der Waals surface area contributed by atoms with E-state index >= 15 is 0 Å². The maximum absolute atomic E-state index is 2.43. The third-order valence-electron chi connectivity index (χ3n) is 10.4. The fourth-order valence-corrected chi connectivity index (χ4v) is 8.27. The molecule has 0 atom stereocenters. The Balaban J connectivity index is 1.24. The van der Waals surface area contributed by atoms with E-state index in [0.29, 0.717) is 0 Å². The van der Waals surface area contributed by atoms with Crippen LogP contribution in [0.25, 0.3) is 93.3 Å². The molecule has 0 saturated carbocycles. The second kappa shape index (κ2) is 9.96. The highest BCUT2D eigenvalue weighted by Crippen LogP contribution is 2.39. The molecule has 8 aromatic carbocycles. The van der Waals surface area contributed by atoms with E-state index in [0.717, 1.165) is 17.1 Å². The van der Waals surface area contributed by atoms with E-state index < -0.39 is 0 Å². The summed E-state index contributed by atoms with van der Waals surface area (Å²) in [7, 11) is 0. The molecule has 3 nitrogen and oxygen atoms in total. The first kappa shape index (κ1) is 26.5. The minimum atomic E-state index is 1.16. The molecule has 0 fully saturated rings. The summed E-state index contributed by atoms with van der Waals surface area (Å²) in [5.41, 5.74) is 10.7. The van der Waals surface area contributed by atoms with Crippen molar-refractivity contribution in [1.29, 1.82) is 0 Å². The van der Waals surface area contributed by atoms with Crippen LogP contribution in [-0.4, -0.2) is 13.7 Å². The number of para-hydroxylation sites is 4. The fourth-order valence-electron chi connectivity index (χ4n) is 8.27. The molecule has 11 rings (SSSR count). The minimum Gasteiger partial charge on any atom is -0.309 e. The monoisotopic (exact) mass is 623 g/mol. The van der Waals surface area contributed by atoms with Crippen molar-refractivity contribution in [2.75, 3.05) is 0 Å².